The lowest BCUT2D eigenvalue weighted by Crippen LogP contribution is -2.44. The van der Waals surface area contributed by atoms with Crippen LogP contribution in [0.5, 0.6) is 0 Å². The predicted molar refractivity (Wildman–Crippen MR) is 73.7 cm³/mol. The van der Waals surface area contributed by atoms with E-state index < -0.39 is 0 Å². The van der Waals surface area contributed by atoms with Crippen LogP contribution in [0.4, 0.5) is 0 Å². The molecule has 3 heteroatoms. The molecule has 1 N–H and O–H groups in total. The monoisotopic (exact) mass is 255 g/mol. The van der Waals surface area contributed by atoms with Crippen molar-refractivity contribution in [2.24, 2.45) is 11.8 Å². The van der Waals surface area contributed by atoms with Crippen molar-refractivity contribution in [1.29, 1.82) is 0 Å². The van der Waals surface area contributed by atoms with Gasteiger partial charge in [-0.25, -0.2) is 0 Å². The molecule has 0 saturated carbocycles. The molecule has 0 spiro atoms. The zero-order valence-corrected chi connectivity index (χ0v) is 12.2. The van der Waals surface area contributed by atoms with Crippen molar-refractivity contribution in [3.05, 3.63) is 0 Å². The Morgan fingerprint density at radius 2 is 2.06 bits per heavy atom. The third kappa shape index (κ3) is 3.94. The first-order valence-electron chi connectivity index (χ1n) is 7.64. The van der Waals surface area contributed by atoms with Gasteiger partial charge in [0.1, 0.15) is 0 Å². The number of hydrogen-bond donors (Lipinski definition) is 1. The van der Waals surface area contributed by atoms with Crippen molar-refractivity contribution < 1.29 is 9.47 Å². The molecule has 2 aliphatic heterocycles. The normalized spacial score (nSPS) is 37.3. The summed E-state index contributed by atoms with van der Waals surface area (Å²) in [6.07, 6.45) is 5.93. The van der Waals surface area contributed by atoms with Crippen molar-refractivity contribution in [2.75, 3.05) is 19.7 Å². The van der Waals surface area contributed by atoms with Gasteiger partial charge in [-0.1, -0.05) is 13.8 Å². The molecule has 2 rings (SSSR count). The highest BCUT2D eigenvalue weighted by atomic mass is 16.5. The summed E-state index contributed by atoms with van der Waals surface area (Å²) >= 11 is 0. The molecule has 2 fully saturated rings. The molecule has 0 amide bonds. The van der Waals surface area contributed by atoms with Crippen LogP contribution >= 0.6 is 0 Å². The topological polar surface area (TPSA) is 30.5 Å². The maximum absolute atomic E-state index is 6.02. The van der Waals surface area contributed by atoms with Gasteiger partial charge in [0, 0.05) is 19.1 Å². The highest BCUT2D eigenvalue weighted by molar-refractivity contribution is 4.86. The maximum Gasteiger partial charge on any atom is 0.0876 e. The minimum Gasteiger partial charge on any atom is -0.375 e. The second-order valence-corrected chi connectivity index (χ2v) is 6.35. The maximum atomic E-state index is 6.02. The van der Waals surface area contributed by atoms with Crippen molar-refractivity contribution >= 4 is 0 Å². The lowest BCUT2D eigenvalue weighted by molar-refractivity contribution is -0.111. The molecule has 0 aromatic heterocycles. The third-order valence-electron chi connectivity index (χ3n) is 4.08. The summed E-state index contributed by atoms with van der Waals surface area (Å²) in [4.78, 5) is 0. The van der Waals surface area contributed by atoms with Crippen molar-refractivity contribution in [3.63, 3.8) is 0 Å². The van der Waals surface area contributed by atoms with Gasteiger partial charge in [0.15, 0.2) is 0 Å². The third-order valence-corrected chi connectivity index (χ3v) is 4.08. The fraction of sp³-hybridized carbons (Fsp3) is 1.00. The van der Waals surface area contributed by atoms with Gasteiger partial charge in [0.2, 0.25) is 0 Å². The Morgan fingerprint density at radius 3 is 2.72 bits per heavy atom. The minimum absolute atomic E-state index is 0.323. The van der Waals surface area contributed by atoms with Crippen LogP contribution in [-0.4, -0.2) is 38.0 Å². The average Bonchev–Trinajstić information content (AvgIpc) is 2.76. The first kappa shape index (κ1) is 14.3. The van der Waals surface area contributed by atoms with Crippen LogP contribution in [0.1, 0.15) is 46.5 Å². The zero-order valence-electron chi connectivity index (χ0n) is 12.2. The Balaban J connectivity index is 1.81. The first-order chi connectivity index (χ1) is 8.66. The largest absolute Gasteiger partial charge is 0.375 e. The molecule has 0 aromatic carbocycles. The van der Waals surface area contributed by atoms with E-state index in [1.54, 1.807) is 0 Å². The van der Waals surface area contributed by atoms with E-state index in [1.807, 2.05) is 0 Å². The molecule has 106 valence electrons. The quantitative estimate of drug-likeness (QED) is 0.819. The van der Waals surface area contributed by atoms with Crippen LogP contribution in [0, 0.1) is 11.8 Å². The zero-order chi connectivity index (χ0) is 13.0. The summed E-state index contributed by atoms with van der Waals surface area (Å²) in [5, 5.41) is 3.58. The van der Waals surface area contributed by atoms with Crippen molar-refractivity contribution in [2.45, 2.75) is 64.8 Å². The van der Waals surface area contributed by atoms with Crippen LogP contribution in [0.25, 0.3) is 0 Å². The van der Waals surface area contributed by atoms with Crippen molar-refractivity contribution in [3.8, 4) is 0 Å². The van der Waals surface area contributed by atoms with E-state index in [2.05, 4.69) is 26.1 Å². The summed E-state index contributed by atoms with van der Waals surface area (Å²) in [6.45, 7) is 9.78. The summed E-state index contributed by atoms with van der Waals surface area (Å²) in [5.41, 5.74) is 0. The van der Waals surface area contributed by atoms with Crippen LogP contribution in [0.3, 0.4) is 0 Å². The number of rotatable bonds is 5. The Bertz CT molecular complexity index is 245. The molecule has 0 radical (unpaired) electrons. The van der Waals surface area contributed by atoms with Gasteiger partial charge in [-0.05, 0) is 45.1 Å². The van der Waals surface area contributed by atoms with Crippen LogP contribution in [0.15, 0.2) is 0 Å². The van der Waals surface area contributed by atoms with E-state index >= 15 is 0 Å². The Morgan fingerprint density at radius 1 is 1.22 bits per heavy atom. The Labute approximate surface area is 112 Å². The van der Waals surface area contributed by atoms with E-state index in [9.17, 15) is 0 Å². The summed E-state index contributed by atoms with van der Waals surface area (Å²) in [6, 6.07) is 0. The standard InChI is InChI=1S/C15H29NO2/c1-11(2)9-16-10-13-5-4-8-17-15(13)14-7-6-12(3)18-14/h11-16H,4-10H2,1-3H3. The van der Waals surface area contributed by atoms with E-state index in [-0.39, 0.29) is 0 Å². The van der Waals surface area contributed by atoms with Gasteiger partial charge < -0.3 is 14.8 Å². The number of nitrogens with one attached hydrogen (secondary N) is 1. The average molecular weight is 255 g/mol. The molecule has 0 bridgehead atoms. The van der Waals surface area contributed by atoms with Gasteiger partial charge in [0.25, 0.3) is 0 Å². The molecule has 4 atom stereocenters. The van der Waals surface area contributed by atoms with Crippen LogP contribution in [-0.2, 0) is 9.47 Å². The van der Waals surface area contributed by atoms with Gasteiger partial charge in [0.05, 0.1) is 18.3 Å². The van der Waals surface area contributed by atoms with E-state index in [4.69, 9.17) is 9.47 Å². The van der Waals surface area contributed by atoms with Crippen molar-refractivity contribution in [1.82, 2.24) is 5.32 Å². The first-order valence-corrected chi connectivity index (χ1v) is 7.64. The summed E-state index contributed by atoms with van der Waals surface area (Å²) in [7, 11) is 0. The van der Waals surface area contributed by atoms with Gasteiger partial charge in [-0.3, -0.25) is 0 Å². The number of hydrogen-bond acceptors (Lipinski definition) is 3. The predicted octanol–water partition coefficient (Wildman–Crippen LogP) is 2.59. The van der Waals surface area contributed by atoms with Gasteiger partial charge in [-0.15, -0.1) is 0 Å². The Hall–Kier alpha value is -0.120. The summed E-state index contributed by atoms with van der Waals surface area (Å²) in [5.74, 6) is 1.35. The number of ether oxygens (including phenoxy) is 2. The Kier molecular flexibility index (Phi) is 5.46. The molecule has 2 saturated heterocycles. The highest BCUT2D eigenvalue weighted by Crippen LogP contribution is 2.31. The molecule has 0 aliphatic carbocycles. The lowest BCUT2D eigenvalue weighted by atomic mass is 9.89. The second kappa shape index (κ2) is 6.88. The van der Waals surface area contributed by atoms with Gasteiger partial charge >= 0.3 is 0 Å². The summed E-state index contributed by atoms with van der Waals surface area (Å²) < 4.78 is 12.0. The van der Waals surface area contributed by atoms with Crippen LogP contribution in [0.2, 0.25) is 0 Å². The smallest absolute Gasteiger partial charge is 0.0876 e. The fourth-order valence-corrected chi connectivity index (χ4v) is 3.13. The van der Waals surface area contributed by atoms with Crippen LogP contribution < -0.4 is 5.32 Å². The molecule has 0 aromatic rings. The SMILES string of the molecule is CC(C)CNCC1CCCOC1C1CCC(C)O1. The fourth-order valence-electron chi connectivity index (χ4n) is 3.13. The molecular weight excluding hydrogens is 226 g/mol. The van der Waals surface area contributed by atoms with E-state index in [0.29, 0.717) is 24.2 Å². The lowest BCUT2D eigenvalue weighted by Gasteiger charge is -2.35. The molecule has 18 heavy (non-hydrogen) atoms. The van der Waals surface area contributed by atoms with Gasteiger partial charge in [-0.2, -0.15) is 0 Å². The van der Waals surface area contributed by atoms with E-state index in [1.165, 1.54) is 25.7 Å². The second-order valence-electron chi connectivity index (χ2n) is 6.35. The minimum atomic E-state index is 0.323. The molecule has 4 unspecified atom stereocenters. The highest BCUT2D eigenvalue weighted by Gasteiger charge is 2.37. The molecular formula is C15H29NO2. The molecule has 3 nitrogen and oxygen atoms in total. The molecule has 2 heterocycles. The molecule has 2 aliphatic rings. The van der Waals surface area contributed by atoms with E-state index in [0.717, 1.165) is 25.6 Å².